The number of amides is 1. The zero-order valence-corrected chi connectivity index (χ0v) is 10.3. The van der Waals surface area contributed by atoms with Crippen LogP contribution in [0.3, 0.4) is 0 Å². The fraction of sp³-hybridized carbons (Fsp3) is 0.143. The molecule has 1 aromatic heterocycles. The van der Waals surface area contributed by atoms with E-state index in [1.54, 1.807) is 13.0 Å². The molecule has 0 saturated heterocycles. The van der Waals surface area contributed by atoms with Gasteiger partial charge in [0.15, 0.2) is 5.43 Å². The van der Waals surface area contributed by atoms with E-state index in [1.807, 2.05) is 25.1 Å². The highest BCUT2D eigenvalue weighted by atomic mass is 16.2. The number of hydrogen-bond acceptors (Lipinski definition) is 2. The van der Waals surface area contributed by atoms with E-state index in [9.17, 15) is 9.59 Å². The molecule has 0 aliphatic carbocycles. The van der Waals surface area contributed by atoms with Crippen LogP contribution in [0.2, 0.25) is 0 Å². The molecule has 0 saturated carbocycles. The Balaban J connectivity index is 2.28. The fourth-order valence-electron chi connectivity index (χ4n) is 1.65. The predicted molar refractivity (Wildman–Crippen MR) is 70.9 cm³/mol. The molecule has 0 aliphatic heterocycles. The monoisotopic (exact) mass is 242 g/mol. The third-order valence-corrected chi connectivity index (χ3v) is 2.70. The Morgan fingerprint density at radius 1 is 1.22 bits per heavy atom. The molecule has 2 N–H and O–H groups in total. The van der Waals surface area contributed by atoms with Crippen molar-refractivity contribution in [1.82, 2.24) is 4.98 Å². The van der Waals surface area contributed by atoms with Crippen LogP contribution >= 0.6 is 0 Å². The molecule has 0 fully saturated rings. The lowest BCUT2D eigenvalue weighted by atomic mass is 10.2. The van der Waals surface area contributed by atoms with Crippen LogP contribution in [0, 0.1) is 13.8 Å². The standard InChI is InChI=1S/C14H14N2O2/c1-9-5-3-4-6-12(9)16-14(18)11-8-15-10(2)7-13(11)17/h3-8H,1-2H3,(H,15,17)(H,16,18). The van der Waals surface area contributed by atoms with Crippen LogP contribution in [-0.4, -0.2) is 10.9 Å². The van der Waals surface area contributed by atoms with Crippen LogP contribution in [-0.2, 0) is 0 Å². The number of anilines is 1. The molecule has 2 rings (SSSR count). The smallest absolute Gasteiger partial charge is 0.261 e. The normalized spacial score (nSPS) is 10.1. The molecule has 0 aliphatic rings. The topological polar surface area (TPSA) is 62.0 Å². The van der Waals surface area contributed by atoms with E-state index in [0.717, 1.165) is 11.3 Å². The molecule has 2 aromatic rings. The Hall–Kier alpha value is -2.36. The minimum atomic E-state index is -0.398. The number of carbonyl (C=O) groups is 1. The second-order valence-corrected chi connectivity index (χ2v) is 4.16. The summed E-state index contributed by atoms with van der Waals surface area (Å²) in [6, 6.07) is 8.84. The average Bonchev–Trinajstić information content (AvgIpc) is 2.32. The SMILES string of the molecule is Cc1cc(=O)c(C(=O)Nc2ccccc2C)c[nH]1. The van der Waals surface area contributed by atoms with Gasteiger partial charge in [-0.1, -0.05) is 18.2 Å². The van der Waals surface area contributed by atoms with Crippen LogP contribution in [0.5, 0.6) is 0 Å². The van der Waals surface area contributed by atoms with E-state index in [0.29, 0.717) is 5.69 Å². The summed E-state index contributed by atoms with van der Waals surface area (Å²) in [5.41, 5.74) is 2.23. The van der Waals surface area contributed by atoms with Gasteiger partial charge < -0.3 is 10.3 Å². The van der Waals surface area contributed by atoms with Crippen molar-refractivity contribution < 1.29 is 4.79 Å². The number of hydrogen-bond donors (Lipinski definition) is 2. The Bertz CT molecular complexity index is 644. The highest BCUT2D eigenvalue weighted by Crippen LogP contribution is 2.13. The van der Waals surface area contributed by atoms with E-state index >= 15 is 0 Å². The number of rotatable bonds is 2. The van der Waals surface area contributed by atoms with Crippen molar-refractivity contribution >= 4 is 11.6 Å². The Morgan fingerprint density at radius 2 is 1.94 bits per heavy atom. The summed E-state index contributed by atoms with van der Waals surface area (Å²) in [6.45, 7) is 3.67. The van der Waals surface area contributed by atoms with Crippen molar-refractivity contribution in [1.29, 1.82) is 0 Å². The molecule has 1 heterocycles. The molecular formula is C14H14N2O2. The Morgan fingerprint density at radius 3 is 2.61 bits per heavy atom. The van der Waals surface area contributed by atoms with E-state index in [-0.39, 0.29) is 11.0 Å². The van der Waals surface area contributed by atoms with E-state index in [2.05, 4.69) is 10.3 Å². The zero-order chi connectivity index (χ0) is 13.1. The summed E-state index contributed by atoms with van der Waals surface area (Å²) in [7, 11) is 0. The van der Waals surface area contributed by atoms with E-state index < -0.39 is 5.91 Å². The molecule has 92 valence electrons. The predicted octanol–water partition coefficient (Wildman–Crippen LogP) is 2.24. The second-order valence-electron chi connectivity index (χ2n) is 4.16. The van der Waals surface area contributed by atoms with Crippen molar-refractivity contribution in [2.45, 2.75) is 13.8 Å². The van der Waals surface area contributed by atoms with Gasteiger partial charge in [0.05, 0.1) is 0 Å². The molecule has 0 bridgehead atoms. The molecular weight excluding hydrogens is 228 g/mol. The third-order valence-electron chi connectivity index (χ3n) is 2.70. The van der Waals surface area contributed by atoms with Gasteiger partial charge in [0.2, 0.25) is 0 Å². The molecule has 0 radical (unpaired) electrons. The second kappa shape index (κ2) is 4.87. The molecule has 4 nitrogen and oxygen atoms in total. The van der Waals surface area contributed by atoms with Gasteiger partial charge in [0, 0.05) is 23.6 Å². The molecule has 18 heavy (non-hydrogen) atoms. The summed E-state index contributed by atoms with van der Waals surface area (Å²) in [6.07, 6.45) is 1.44. The van der Waals surface area contributed by atoms with Gasteiger partial charge in [0.25, 0.3) is 5.91 Å². The van der Waals surface area contributed by atoms with Crippen LogP contribution < -0.4 is 10.7 Å². The largest absolute Gasteiger partial charge is 0.364 e. The summed E-state index contributed by atoms with van der Waals surface area (Å²) in [5.74, 6) is -0.398. The number of aromatic amines is 1. The highest BCUT2D eigenvalue weighted by Gasteiger charge is 2.11. The maximum Gasteiger partial charge on any atom is 0.261 e. The van der Waals surface area contributed by atoms with E-state index in [4.69, 9.17) is 0 Å². The summed E-state index contributed by atoms with van der Waals surface area (Å²) < 4.78 is 0. The van der Waals surface area contributed by atoms with Gasteiger partial charge in [-0.05, 0) is 25.5 Å². The number of benzene rings is 1. The minimum absolute atomic E-state index is 0.115. The molecule has 0 unspecified atom stereocenters. The lowest BCUT2D eigenvalue weighted by molar-refractivity contribution is 0.102. The zero-order valence-electron chi connectivity index (χ0n) is 10.3. The summed E-state index contributed by atoms with van der Waals surface area (Å²) in [4.78, 5) is 26.5. The average molecular weight is 242 g/mol. The summed E-state index contributed by atoms with van der Waals surface area (Å²) >= 11 is 0. The molecule has 1 aromatic carbocycles. The number of para-hydroxylation sites is 1. The van der Waals surface area contributed by atoms with Crippen LogP contribution in [0.25, 0.3) is 0 Å². The first kappa shape index (κ1) is 12.1. The van der Waals surface area contributed by atoms with Gasteiger partial charge in [-0.25, -0.2) is 0 Å². The number of nitrogens with one attached hydrogen (secondary N) is 2. The first-order valence-corrected chi connectivity index (χ1v) is 5.64. The molecule has 0 spiro atoms. The van der Waals surface area contributed by atoms with Crippen molar-refractivity contribution in [2.24, 2.45) is 0 Å². The molecule has 4 heteroatoms. The lowest BCUT2D eigenvalue weighted by Crippen LogP contribution is -2.21. The number of H-pyrrole nitrogens is 1. The van der Waals surface area contributed by atoms with Crippen LogP contribution in [0.4, 0.5) is 5.69 Å². The summed E-state index contributed by atoms with van der Waals surface area (Å²) in [5, 5.41) is 2.73. The van der Waals surface area contributed by atoms with Crippen LogP contribution in [0.15, 0.2) is 41.3 Å². The first-order chi connectivity index (χ1) is 8.58. The minimum Gasteiger partial charge on any atom is -0.364 e. The highest BCUT2D eigenvalue weighted by molar-refractivity contribution is 6.04. The third kappa shape index (κ3) is 2.48. The van der Waals surface area contributed by atoms with Gasteiger partial charge in [-0.2, -0.15) is 0 Å². The quantitative estimate of drug-likeness (QED) is 0.848. The van der Waals surface area contributed by atoms with Crippen molar-refractivity contribution in [2.75, 3.05) is 5.32 Å². The van der Waals surface area contributed by atoms with Crippen molar-refractivity contribution in [3.05, 3.63) is 63.6 Å². The lowest BCUT2D eigenvalue weighted by Gasteiger charge is -2.07. The number of carbonyl (C=O) groups excluding carboxylic acids is 1. The van der Waals surface area contributed by atoms with Gasteiger partial charge in [-0.15, -0.1) is 0 Å². The van der Waals surface area contributed by atoms with Crippen molar-refractivity contribution in [3.63, 3.8) is 0 Å². The van der Waals surface area contributed by atoms with Crippen molar-refractivity contribution in [3.8, 4) is 0 Å². The van der Waals surface area contributed by atoms with Gasteiger partial charge >= 0.3 is 0 Å². The first-order valence-electron chi connectivity index (χ1n) is 5.64. The van der Waals surface area contributed by atoms with Crippen LogP contribution in [0.1, 0.15) is 21.6 Å². The van der Waals surface area contributed by atoms with E-state index in [1.165, 1.54) is 12.3 Å². The molecule has 0 atom stereocenters. The van der Waals surface area contributed by atoms with Gasteiger partial charge in [-0.3, -0.25) is 9.59 Å². The maximum absolute atomic E-state index is 12.0. The number of aromatic nitrogens is 1. The number of pyridine rings is 1. The Kier molecular flexibility index (Phi) is 3.28. The van der Waals surface area contributed by atoms with Gasteiger partial charge in [0.1, 0.15) is 5.56 Å². The maximum atomic E-state index is 12.0. The number of aryl methyl sites for hydroxylation is 2. The fourth-order valence-corrected chi connectivity index (χ4v) is 1.65. The Labute approximate surface area is 105 Å². The molecule has 1 amide bonds.